The number of rotatable bonds is 7. The molecule has 7 heteroatoms. The van der Waals surface area contributed by atoms with Crippen LogP contribution in [0.25, 0.3) is 0 Å². The Morgan fingerprint density at radius 2 is 2.00 bits per heavy atom. The average molecular weight is 347 g/mol. The molecule has 0 saturated carbocycles. The number of hydrogen-bond donors (Lipinski definition) is 2. The quantitative estimate of drug-likeness (QED) is 0.796. The van der Waals surface area contributed by atoms with Crippen LogP contribution in [0.5, 0.6) is 5.75 Å². The Hall–Kier alpha value is -2.41. The molecule has 0 radical (unpaired) electrons. The zero-order valence-electron chi connectivity index (χ0n) is 15.1. The Balaban J connectivity index is 1.77. The minimum atomic E-state index is -0.772. The number of amides is 1. The summed E-state index contributed by atoms with van der Waals surface area (Å²) in [6.07, 6.45) is -0.181. The van der Waals surface area contributed by atoms with Gasteiger partial charge in [-0.05, 0) is 17.7 Å². The lowest BCUT2D eigenvalue weighted by Crippen LogP contribution is -2.28. The third-order valence-corrected chi connectivity index (χ3v) is 3.70. The molecule has 2 N–H and O–H groups in total. The van der Waals surface area contributed by atoms with Gasteiger partial charge in [0.05, 0.1) is 13.2 Å². The number of carbonyl (C=O) groups is 1. The Morgan fingerprint density at radius 1 is 1.32 bits per heavy atom. The van der Waals surface area contributed by atoms with Gasteiger partial charge in [0.1, 0.15) is 5.75 Å². The van der Waals surface area contributed by atoms with Gasteiger partial charge in [-0.1, -0.05) is 38.1 Å². The first kappa shape index (κ1) is 18.9. The molecule has 0 aliphatic rings. The topological polar surface area (TPSA) is 97.5 Å². The molecular weight excluding hydrogens is 322 g/mol. The smallest absolute Gasteiger partial charge is 0.227 e. The number of benzene rings is 1. The Morgan fingerprint density at radius 3 is 2.56 bits per heavy atom. The van der Waals surface area contributed by atoms with Crippen LogP contribution in [0.3, 0.4) is 0 Å². The van der Waals surface area contributed by atoms with Crippen LogP contribution in [-0.4, -0.2) is 34.8 Å². The van der Waals surface area contributed by atoms with Crippen molar-refractivity contribution in [3.8, 4) is 5.75 Å². The molecule has 1 heterocycles. The van der Waals surface area contributed by atoms with Gasteiger partial charge >= 0.3 is 0 Å². The van der Waals surface area contributed by atoms with Gasteiger partial charge in [-0.15, -0.1) is 0 Å². The first-order chi connectivity index (χ1) is 11.8. The van der Waals surface area contributed by atoms with Crippen LogP contribution in [0.2, 0.25) is 0 Å². The number of hydrogen-bond acceptors (Lipinski definition) is 6. The molecule has 0 bridgehead atoms. The van der Waals surface area contributed by atoms with Crippen molar-refractivity contribution >= 4 is 5.91 Å². The van der Waals surface area contributed by atoms with Gasteiger partial charge in [0, 0.05) is 24.8 Å². The van der Waals surface area contributed by atoms with Gasteiger partial charge in [-0.2, -0.15) is 4.98 Å². The molecule has 136 valence electrons. The number of aromatic nitrogens is 2. The number of ether oxygens (including phenoxy) is 1. The number of aryl methyl sites for hydroxylation is 1. The van der Waals surface area contributed by atoms with Crippen LogP contribution in [0, 0.1) is 0 Å². The summed E-state index contributed by atoms with van der Waals surface area (Å²) in [6.45, 7) is 6.13. The van der Waals surface area contributed by atoms with Gasteiger partial charge in [0.2, 0.25) is 11.8 Å². The highest BCUT2D eigenvalue weighted by atomic mass is 16.5. The second-order valence-corrected chi connectivity index (χ2v) is 6.85. The maximum Gasteiger partial charge on any atom is 0.227 e. The average Bonchev–Trinajstić information content (AvgIpc) is 3.07. The Bertz CT molecular complexity index is 689. The van der Waals surface area contributed by atoms with Gasteiger partial charge in [0.15, 0.2) is 5.82 Å². The number of aliphatic hydroxyl groups is 1. The minimum absolute atomic E-state index is 0.141. The standard InChI is InChI=1S/C18H25N3O4/c1-18(2,3)17-20-16(25-21-17)10-9-15(23)19-11-14(22)12-5-7-13(24-4)8-6-12/h5-8,14,22H,9-11H2,1-4H3,(H,19,23)/t14-/m0/s1. The summed E-state index contributed by atoms with van der Waals surface area (Å²) in [5, 5.41) is 16.7. The molecule has 7 nitrogen and oxygen atoms in total. The normalized spacial score (nSPS) is 12.7. The van der Waals surface area contributed by atoms with E-state index >= 15 is 0 Å². The molecule has 2 rings (SSSR count). The number of nitrogens with one attached hydrogen (secondary N) is 1. The molecule has 1 aromatic carbocycles. The van der Waals surface area contributed by atoms with E-state index in [0.717, 1.165) is 0 Å². The van der Waals surface area contributed by atoms with Crippen LogP contribution in [0.1, 0.15) is 50.6 Å². The minimum Gasteiger partial charge on any atom is -0.497 e. The van der Waals surface area contributed by atoms with E-state index in [1.807, 2.05) is 20.8 Å². The van der Waals surface area contributed by atoms with Crippen molar-refractivity contribution in [1.29, 1.82) is 0 Å². The number of carbonyl (C=O) groups excluding carboxylic acids is 1. The fraction of sp³-hybridized carbons (Fsp3) is 0.500. The van der Waals surface area contributed by atoms with Crippen LogP contribution in [-0.2, 0) is 16.6 Å². The van der Waals surface area contributed by atoms with Gasteiger partial charge in [-0.3, -0.25) is 4.79 Å². The van der Waals surface area contributed by atoms with E-state index in [1.165, 1.54) is 0 Å². The van der Waals surface area contributed by atoms with E-state index in [9.17, 15) is 9.90 Å². The summed E-state index contributed by atoms with van der Waals surface area (Å²) >= 11 is 0. The monoisotopic (exact) mass is 347 g/mol. The van der Waals surface area contributed by atoms with E-state index in [2.05, 4.69) is 15.5 Å². The molecule has 0 spiro atoms. The molecule has 0 fully saturated rings. The fourth-order valence-corrected chi connectivity index (χ4v) is 2.12. The van der Waals surface area contributed by atoms with E-state index in [4.69, 9.17) is 9.26 Å². The Kier molecular flexibility index (Phi) is 6.14. The summed E-state index contributed by atoms with van der Waals surface area (Å²) in [4.78, 5) is 16.2. The summed E-state index contributed by atoms with van der Waals surface area (Å²) in [7, 11) is 1.58. The zero-order valence-corrected chi connectivity index (χ0v) is 15.1. The van der Waals surface area contributed by atoms with Gasteiger partial charge < -0.3 is 19.7 Å². The summed E-state index contributed by atoms with van der Waals surface area (Å²) < 4.78 is 10.2. The lowest BCUT2D eigenvalue weighted by atomic mass is 9.96. The van der Waals surface area contributed by atoms with Crippen molar-refractivity contribution in [2.75, 3.05) is 13.7 Å². The molecule has 2 aromatic rings. The summed E-state index contributed by atoms with van der Waals surface area (Å²) in [5.74, 6) is 1.60. The predicted octanol–water partition coefficient (Wildman–Crippen LogP) is 2.16. The molecule has 0 unspecified atom stereocenters. The lowest BCUT2D eigenvalue weighted by molar-refractivity contribution is -0.121. The number of methoxy groups -OCH3 is 1. The van der Waals surface area contributed by atoms with Crippen LogP contribution in [0.4, 0.5) is 0 Å². The van der Waals surface area contributed by atoms with Crippen LogP contribution < -0.4 is 10.1 Å². The lowest BCUT2D eigenvalue weighted by Gasteiger charge is -2.12. The molecule has 1 aromatic heterocycles. The molecule has 0 saturated heterocycles. The molecule has 0 aliphatic heterocycles. The van der Waals surface area contributed by atoms with Crippen molar-refractivity contribution in [1.82, 2.24) is 15.5 Å². The highest BCUT2D eigenvalue weighted by Crippen LogP contribution is 2.19. The van der Waals surface area contributed by atoms with E-state index in [0.29, 0.717) is 29.4 Å². The van der Waals surface area contributed by atoms with Crippen molar-refractivity contribution in [2.45, 2.75) is 45.1 Å². The van der Waals surface area contributed by atoms with E-state index in [-0.39, 0.29) is 24.3 Å². The highest BCUT2D eigenvalue weighted by Gasteiger charge is 2.21. The zero-order chi connectivity index (χ0) is 18.4. The summed E-state index contributed by atoms with van der Waals surface area (Å²) in [6, 6.07) is 7.07. The second-order valence-electron chi connectivity index (χ2n) is 6.85. The molecular formula is C18H25N3O4. The van der Waals surface area contributed by atoms with Gasteiger partial charge in [0.25, 0.3) is 0 Å². The van der Waals surface area contributed by atoms with E-state index < -0.39 is 6.10 Å². The largest absolute Gasteiger partial charge is 0.497 e. The molecule has 0 aliphatic carbocycles. The Labute approximate surface area is 147 Å². The predicted molar refractivity (Wildman–Crippen MR) is 92.3 cm³/mol. The first-order valence-electron chi connectivity index (χ1n) is 8.21. The van der Waals surface area contributed by atoms with Crippen molar-refractivity contribution in [3.05, 3.63) is 41.5 Å². The third kappa shape index (κ3) is 5.56. The van der Waals surface area contributed by atoms with Gasteiger partial charge in [-0.25, -0.2) is 0 Å². The van der Waals surface area contributed by atoms with E-state index in [1.54, 1.807) is 31.4 Å². The number of aliphatic hydroxyl groups excluding tert-OH is 1. The third-order valence-electron chi connectivity index (χ3n) is 3.70. The van der Waals surface area contributed by atoms with Crippen molar-refractivity contribution in [3.63, 3.8) is 0 Å². The van der Waals surface area contributed by atoms with Crippen LogP contribution >= 0.6 is 0 Å². The maximum atomic E-state index is 11.9. The molecule has 25 heavy (non-hydrogen) atoms. The highest BCUT2D eigenvalue weighted by molar-refractivity contribution is 5.76. The molecule has 1 atom stereocenters. The molecule has 1 amide bonds. The fourth-order valence-electron chi connectivity index (χ4n) is 2.12. The SMILES string of the molecule is COc1ccc([C@@H](O)CNC(=O)CCc2nc(C(C)(C)C)no2)cc1. The van der Waals surface area contributed by atoms with Crippen LogP contribution in [0.15, 0.2) is 28.8 Å². The maximum absolute atomic E-state index is 11.9. The first-order valence-corrected chi connectivity index (χ1v) is 8.21. The summed E-state index contributed by atoms with van der Waals surface area (Å²) in [5.41, 5.74) is 0.528. The number of nitrogens with zero attached hydrogens (tertiary/aromatic N) is 2. The second kappa shape index (κ2) is 8.11. The van der Waals surface area contributed by atoms with Crippen molar-refractivity contribution in [2.24, 2.45) is 0 Å². The van der Waals surface area contributed by atoms with Crippen molar-refractivity contribution < 1.29 is 19.2 Å².